The van der Waals surface area contributed by atoms with Crippen molar-refractivity contribution in [2.75, 3.05) is 11.3 Å². The van der Waals surface area contributed by atoms with E-state index in [1.165, 1.54) is 12.5 Å². The first-order chi connectivity index (χ1) is 9.53. The minimum Gasteiger partial charge on any atom is -0.334 e. The van der Waals surface area contributed by atoms with Crippen LogP contribution in [0.2, 0.25) is 5.02 Å². The zero-order valence-corrected chi connectivity index (χ0v) is 11.8. The lowest BCUT2D eigenvalue weighted by Crippen LogP contribution is -2.13. The van der Waals surface area contributed by atoms with Crippen LogP contribution in [0.15, 0.2) is 35.7 Å². The van der Waals surface area contributed by atoms with Gasteiger partial charge in [-0.05, 0) is 18.2 Å². The number of hydrogen-bond acceptors (Lipinski definition) is 4. The minimum atomic E-state index is -3.76. The van der Waals surface area contributed by atoms with E-state index in [0.29, 0.717) is 5.56 Å². The van der Waals surface area contributed by atoms with Crippen LogP contribution in [0.1, 0.15) is 5.56 Å². The van der Waals surface area contributed by atoms with E-state index >= 15 is 0 Å². The Hall–Kier alpha value is -2.01. The van der Waals surface area contributed by atoms with Crippen LogP contribution in [0, 0.1) is 11.8 Å². The molecular formula is C12H11ClN4O2S. The summed E-state index contributed by atoms with van der Waals surface area (Å²) >= 11 is 5.97. The SMILES string of the molecule is NCC#Cc1ccc(Cl)c(NS(=O)(=O)c2cnc[nH]2)c1. The van der Waals surface area contributed by atoms with Crippen LogP contribution in [0.25, 0.3) is 0 Å². The number of halogens is 1. The van der Waals surface area contributed by atoms with Crippen LogP contribution in [0.3, 0.4) is 0 Å². The number of aromatic nitrogens is 2. The molecule has 0 saturated carbocycles. The van der Waals surface area contributed by atoms with Crippen molar-refractivity contribution in [3.8, 4) is 11.8 Å². The molecule has 0 amide bonds. The van der Waals surface area contributed by atoms with Gasteiger partial charge in [-0.1, -0.05) is 23.4 Å². The highest BCUT2D eigenvalue weighted by Crippen LogP contribution is 2.25. The number of rotatable bonds is 3. The maximum atomic E-state index is 12.0. The summed E-state index contributed by atoms with van der Waals surface area (Å²) in [5.74, 6) is 5.49. The lowest BCUT2D eigenvalue weighted by Gasteiger charge is -2.08. The van der Waals surface area contributed by atoms with Crippen LogP contribution in [0.4, 0.5) is 5.69 Å². The summed E-state index contributed by atoms with van der Waals surface area (Å²) in [5.41, 5.74) is 6.14. The second-order valence-corrected chi connectivity index (χ2v) is 5.78. The normalized spacial score (nSPS) is 10.7. The number of anilines is 1. The molecule has 0 aliphatic heterocycles. The Labute approximate surface area is 121 Å². The van der Waals surface area contributed by atoms with Crippen LogP contribution in [-0.4, -0.2) is 24.9 Å². The van der Waals surface area contributed by atoms with Gasteiger partial charge in [0.05, 0.1) is 29.8 Å². The van der Waals surface area contributed by atoms with Crippen molar-refractivity contribution >= 4 is 27.3 Å². The van der Waals surface area contributed by atoms with E-state index in [1.807, 2.05) is 0 Å². The Morgan fingerprint density at radius 1 is 1.45 bits per heavy atom. The van der Waals surface area contributed by atoms with Crippen molar-refractivity contribution in [3.63, 3.8) is 0 Å². The van der Waals surface area contributed by atoms with Crippen LogP contribution < -0.4 is 10.5 Å². The summed E-state index contributed by atoms with van der Waals surface area (Å²) in [6, 6.07) is 4.78. The monoisotopic (exact) mass is 310 g/mol. The molecule has 0 saturated heterocycles. The zero-order chi connectivity index (χ0) is 14.6. The standard InChI is InChI=1S/C12H11ClN4O2S/c13-10-4-3-9(2-1-5-14)6-11(10)17-20(18,19)12-7-15-8-16-12/h3-4,6-8,17H,5,14H2,(H,15,16). The zero-order valence-electron chi connectivity index (χ0n) is 10.2. The largest absolute Gasteiger partial charge is 0.334 e. The average molecular weight is 311 g/mol. The number of H-pyrrole nitrogens is 1. The number of nitrogens with zero attached hydrogens (tertiary/aromatic N) is 1. The minimum absolute atomic E-state index is 0.0491. The molecule has 0 aliphatic carbocycles. The van der Waals surface area contributed by atoms with Crippen LogP contribution >= 0.6 is 11.6 Å². The molecule has 2 aromatic rings. The Bertz CT molecular complexity index is 760. The lowest BCUT2D eigenvalue weighted by atomic mass is 10.2. The molecule has 1 aromatic heterocycles. The van der Waals surface area contributed by atoms with Crippen molar-refractivity contribution in [2.24, 2.45) is 5.73 Å². The quantitative estimate of drug-likeness (QED) is 0.741. The highest BCUT2D eigenvalue weighted by molar-refractivity contribution is 7.92. The number of imidazole rings is 1. The number of sulfonamides is 1. The number of nitrogens with two attached hydrogens (primary N) is 1. The molecule has 4 N–H and O–H groups in total. The van der Waals surface area contributed by atoms with Gasteiger partial charge in [0.2, 0.25) is 0 Å². The average Bonchev–Trinajstić information content (AvgIpc) is 2.94. The summed E-state index contributed by atoms with van der Waals surface area (Å²) in [5, 5.41) is 0.221. The molecule has 6 nitrogen and oxygen atoms in total. The fraction of sp³-hybridized carbons (Fsp3) is 0.0833. The van der Waals surface area contributed by atoms with Gasteiger partial charge in [-0.15, -0.1) is 0 Å². The van der Waals surface area contributed by atoms with Gasteiger partial charge in [0, 0.05) is 5.56 Å². The molecule has 0 bridgehead atoms. The third-order valence-corrected chi connectivity index (χ3v) is 3.93. The van der Waals surface area contributed by atoms with Gasteiger partial charge in [-0.25, -0.2) is 4.98 Å². The van der Waals surface area contributed by atoms with Crippen molar-refractivity contribution in [1.29, 1.82) is 0 Å². The first kappa shape index (κ1) is 14.4. The van der Waals surface area contributed by atoms with Gasteiger partial charge >= 0.3 is 0 Å². The van der Waals surface area contributed by atoms with Crippen molar-refractivity contribution < 1.29 is 8.42 Å². The van der Waals surface area contributed by atoms with E-state index in [9.17, 15) is 8.42 Å². The summed E-state index contributed by atoms with van der Waals surface area (Å²) in [7, 11) is -3.76. The predicted molar refractivity (Wildman–Crippen MR) is 76.8 cm³/mol. The second kappa shape index (κ2) is 5.96. The molecule has 1 heterocycles. The van der Waals surface area contributed by atoms with Gasteiger partial charge in [0.1, 0.15) is 0 Å². The molecule has 20 heavy (non-hydrogen) atoms. The van der Waals surface area contributed by atoms with E-state index < -0.39 is 10.0 Å². The van der Waals surface area contributed by atoms with E-state index in [1.54, 1.807) is 18.2 Å². The fourth-order valence-corrected chi connectivity index (χ4v) is 2.62. The van der Waals surface area contributed by atoms with E-state index in [-0.39, 0.29) is 22.3 Å². The Morgan fingerprint density at radius 2 is 2.25 bits per heavy atom. The Morgan fingerprint density at radius 3 is 2.90 bits per heavy atom. The first-order valence-corrected chi connectivity index (χ1v) is 7.39. The topological polar surface area (TPSA) is 101 Å². The third kappa shape index (κ3) is 3.30. The molecule has 0 fully saturated rings. The smallest absolute Gasteiger partial charge is 0.279 e. The molecule has 0 spiro atoms. The highest BCUT2D eigenvalue weighted by atomic mass is 35.5. The fourth-order valence-electron chi connectivity index (χ4n) is 1.42. The molecule has 0 unspecified atom stereocenters. The summed E-state index contributed by atoms with van der Waals surface area (Å²) in [6.45, 7) is 0.220. The number of hydrogen-bond donors (Lipinski definition) is 3. The van der Waals surface area contributed by atoms with Gasteiger partial charge in [-0.3, -0.25) is 4.72 Å². The second-order valence-electron chi connectivity index (χ2n) is 3.72. The molecule has 2 rings (SSSR count). The summed E-state index contributed by atoms with van der Waals surface area (Å²) in [6.07, 6.45) is 2.48. The molecule has 1 aromatic carbocycles. The Balaban J connectivity index is 2.34. The maximum absolute atomic E-state index is 12.0. The van der Waals surface area contributed by atoms with Gasteiger partial charge in [-0.2, -0.15) is 8.42 Å². The van der Waals surface area contributed by atoms with Crippen molar-refractivity contribution in [3.05, 3.63) is 41.3 Å². The van der Waals surface area contributed by atoms with E-state index in [4.69, 9.17) is 17.3 Å². The third-order valence-electron chi connectivity index (χ3n) is 2.31. The first-order valence-electron chi connectivity index (χ1n) is 5.52. The van der Waals surface area contributed by atoms with Crippen LogP contribution in [0.5, 0.6) is 0 Å². The van der Waals surface area contributed by atoms with Crippen LogP contribution in [-0.2, 0) is 10.0 Å². The molecular weight excluding hydrogens is 300 g/mol. The molecule has 8 heteroatoms. The van der Waals surface area contributed by atoms with Crippen molar-refractivity contribution in [2.45, 2.75) is 5.03 Å². The van der Waals surface area contributed by atoms with Gasteiger partial charge in [0.25, 0.3) is 10.0 Å². The van der Waals surface area contributed by atoms with Gasteiger partial charge < -0.3 is 10.7 Å². The molecule has 0 atom stereocenters. The number of aromatic amines is 1. The van der Waals surface area contributed by atoms with Crippen molar-refractivity contribution in [1.82, 2.24) is 9.97 Å². The molecule has 0 radical (unpaired) electrons. The van der Waals surface area contributed by atoms with E-state index in [0.717, 1.165) is 0 Å². The number of nitrogens with one attached hydrogen (secondary N) is 2. The lowest BCUT2D eigenvalue weighted by molar-refractivity contribution is 0.598. The van der Waals surface area contributed by atoms with E-state index in [2.05, 4.69) is 26.5 Å². The molecule has 0 aliphatic rings. The summed E-state index contributed by atoms with van der Waals surface area (Å²) < 4.78 is 26.5. The molecule has 104 valence electrons. The predicted octanol–water partition coefficient (Wildman–Crippen LogP) is 1.17. The highest BCUT2D eigenvalue weighted by Gasteiger charge is 2.17. The summed E-state index contributed by atoms with van der Waals surface area (Å²) in [4.78, 5) is 6.18. The maximum Gasteiger partial charge on any atom is 0.279 e. The number of benzene rings is 1. The Kier molecular flexibility index (Phi) is 4.29. The van der Waals surface area contributed by atoms with Gasteiger partial charge in [0.15, 0.2) is 5.03 Å².